The number of nitrogens with two attached hydrogens (primary N) is 1. The number of hydrogen-bond donors (Lipinski definition) is 2. The standard InChI is InChI=1S/C14H14F3N3O2/c1-8(7-18)5-11(12(19)21)20-13(22)9-3-2-4-10(6-9)14(15,16)17/h2-4,6,8,11H,5H2,1H3,(H2,19,21)(H,20,22)/t8-,11+/m0/s1. The van der Waals surface area contributed by atoms with Crippen LogP contribution in [0.1, 0.15) is 29.3 Å². The maximum absolute atomic E-state index is 12.6. The minimum absolute atomic E-state index is 0.0173. The Kier molecular flexibility index (Phi) is 5.51. The van der Waals surface area contributed by atoms with Gasteiger partial charge >= 0.3 is 6.18 Å². The summed E-state index contributed by atoms with van der Waals surface area (Å²) in [4.78, 5) is 23.2. The van der Waals surface area contributed by atoms with E-state index in [4.69, 9.17) is 11.0 Å². The molecule has 1 rings (SSSR count). The third-order valence-corrected chi connectivity index (χ3v) is 2.91. The summed E-state index contributed by atoms with van der Waals surface area (Å²) in [7, 11) is 0. The molecule has 0 bridgehead atoms. The molecule has 0 saturated heterocycles. The molecule has 2 atom stereocenters. The molecule has 22 heavy (non-hydrogen) atoms. The zero-order chi connectivity index (χ0) is 16.9. The third kappa shape index (κ3) is 4.77. The molecule has 0 aliphatic rings. The van der Waals surface area contributed by atoms with Crippen LogP contribution in [0.3, 0.4) is 0 Å². The predicted octanol–water partition coefficient (Wildman–Crippen LogP) is 1.84. The van der Waals surface area contributed by atoms with Gasteiger partial charge in [-0.2, -0.15) is 18.4 Å². The van der Waals surface area contributed by atoms with Crippen molar-refractivity contribution in [3.63, 3.8) is 0 Å². The zero-order valence-corrected chi connectivity index (χ0v) is 11.6. The van der Waals surface area contributed by atoms with Gasteiger partial charge in [-0.15, -0.1) is 0 Å². The second-order valence-electron chi connectivity index (χ2n) is 4.77. The number of carbonyl (C=O) groups is 2. The van der Waals surface area contributed by atoms with Crippen LogP contribution in [-0.4, -0.2) is 17.9 Å². The van der Waals surface area contributed by atoms with Gasteiger partial charge in [0.25, 0.3) is 5.91 Å². The third-order valence-electron chi connectivity index (χ3n) is 2.91. The van der Waals surface area contributed by atoms with E-state index in [2.05, 4.69) is 5.32 Å². The average Bonchev–Trinajstić information content (AvgIpc) is 2.45. The van der Waals surface area contributed by atoms with Crippen LogP contribution in [-0.2, 0) is 11.0 Å². The van der Waals surface area contributed by atoms with Gasteiger partial charge in [0.05, 0.1) is 11.6 Å². The first-order valence-corrected chi connectivity index (χ1v) is 6.32. The van der Waals surface area contributed by atoms with Crippen LogP contribution in [0.5, 0.6) is 0 Å². The summed E-state index contributed by atoms with van der Waals surface area (Å²) in [5, 5.41) is 10.9. The van der Waals surface area contributed by atoms with Gasteiger partial charge in [-0.25, -0.2) is 0 Å². The van der Waals surface area contributed by atoms with Crippen LogP contribution >= 0.6 is 0 Å². The van der Waals surface area contributed by atoms with Gasteiger partial charge in [-0.1, -0.05) is 6.07 Å². The molecule has 0 aliphatic carbocycles. The Balaban J connectivity index is 2.91. The van der Waals surface area contributed by atoms with Gasteiger partial charge in [-0.3, -0.25) is 9.59 Å². The molecule has 0 saturated carbocycles. The Morgan fingerprint density at radius 2 is 2.05 bits per heavy atom. The predicted molar refractivity (Wildman–Crippen MR) is 71.3 cm³/mol. The number of amides is 2. The first kappa shape index (κ1) is 17.5. The van der Waals surface area contributed by atoms with E-state index in [1.165, 1.54) is 13.0 Å². The van der Waals surface area contributed by atoms with E-state index < -0.39 is 35.5 Å². The van der Waals surface area contributed by atoms with Gasteiger partial charge in [0.2, 0.25) is 5.91 Å². The van der Waals surface area contributed by atoms with Gasteiger partial charge in [0, 0.05) is 11.5 Å². The summed E-state index contributed by atoms with van der Waals surface area (Å²) >= 11 is 0. The van der Waals surface area contributed by atoms with E-state index in [0.717, 1.165) is 12.1 Å². The molecule has 0 spiro atoms. The monoisotopic (exact) mass is 313 g/mol. The largest absolute Gasteiger partial charge is 0.416 e. The molecule has 8 heteroatoms. The molecule has 1 aromatic rings. The Labute approximate surface area is 124 Å². The second-order valence-corrected chi connectivity index (χ2v) is 4.77. The number of nitriles is 1. The quantitative estimate of drug-likeness (QED) is 0.868. The Hall–Kier alpha value is -2.56. The molecule has 0 fully saturated rings. The number of hydrogen-bond acceptors (Lipinski definition) is 3. The van der Waals surface area contributed by atoms with Crippen molar-refractivity contribution in [2.24, 2.45) is 11.7 Å². The summed E-state index contributed by atoms with van der Waals surface area (Å²) in [5.41, 5.74) is 3.91. The van der Waals surface area contributed by atoms with Crippen LogP contribution in [0.15, 0.2) is 24.3 Å². The number of halogens is 3. The molecule has 2 amide bonds. The minimum atomic E-state index is -4.57. The molecule has 3 N–H and O–H groups in total. The van der Waals surface area contributed by atoms with E-state index in [0.29, 0.717) is 6.07 Å². The van der Waals surface area contributed by atoms with Crippen molar-refractivity contribution in [2.45, 2.75) is 25.6 Å². The Bertz CT molecular complexity index is 608. The van der Waals surface area contributed by atoms with Gasteiger partial charge < -0.3 is 11.1 Å². The fourth-order valence-corrected chi connectivity index (χ4v) is 1.73. The highest BCUT2D eigenvalue weighted by atomic mass is 19.4. The summed E-state index contributed by atoms with van der Waals surface area (Å²) in [6.07, 6.45) is -4.59. The van der Waals surface area contributed by atoms with E-state index >= 15 is 0 Å². The van der Waals surface area contributed by atoms with Gasteiger partial charge in [-0.05, 0) is 31.5 Å². The summed E-state index contributed by atoms with van der Waals surface area (Å²) in [5.74, 6) is -2.26. The molecule has 1 aromatic carbocycles. The van der Waals surface area contributed by atoms with Crippen LogP contribution < -0.4 is 11.1 Å². The van der Waals surface area contributed by atoms with E-state index in [1.807, 2.05) is 6.07 Å². The lowest BCUT2D eigenvalue weighted by Crippen LogP contribution is -2.45. The lowest BCUT2D eigenvalue weighted by molar-refractivity contribution is -0.137. The van der Waals surface area contributed by atoms with Crippen LogP contribution in [0.2, 0.25) is 0 Å². The number of nitrogens with zero attached hydrogens (tertiary/aromatic N) is 1. The highest BCUT2D eigenvalue weighted by Crippen LogP contribution is 2.29. The lowest BCUT2D eigenvalue weighted by atomic mass is 10.0. The Morgan fingerprint density at radius 1 is 1.41 bits per heavy atom. The first-order valence-electron chi connectivity index (χ1n) is 6.32. The highest BCUT2D eigenvalue weighted by Gasteiger charge is 2.31. The molecule has 0 radical (unpaired) electrons. The van der Waals surface area contributed by atoms with Crippen LogP contribution in [0, 0.1) is 17.2 Å². The summed E-state index contributed by atoms with van der Waals surface area (Å²) in [6, 6.07) is 4.55. The molecule has 0 aromatic heterocycles. The number of primary amides is 1. The molecule has 118 valence electrons. The molecule has 0 unspecified atom stereocenters. The molecular weight excluding hydrogens is 299 g/mol. The van der Waals surface area contributed by atoms with Crippen molar-refractivity contribution in [1.29, 1.82) is 5.26 Å². The molecular formula is C14H14F3N3O2. The number of benzene rings is 1. The fourth-order valence-electron chi connectivity index (χ4n) is 1.73. The zero-order valence-electron chi connectivity index (χ0n) is 11.6. The first-order chi connectivity index (χ1) is 10.1. The molecule has 5 nitrogen and oxygen atoms in total. The van der Waals surface area contributed by atoms with Crippen molar-refractivity contribution < 1.29 is 22.8 Å². The van der Waals surface area contributed by atoms with E-state index in [1.54, 1.807) is 0 Å². The van der Waals surface area contributed by atoms with Crippen molar-refractivity contribution >= 4 is 11.8 Å². The Morgan fingerprint density at radius 3 is 2.55 bits per heavy atom. The van der Waals surface area contributed by atoms with Crippen LogP contribution in [0.4, 0.5) is 13.2 Å². The van der Waals surface area contributed by atoms with Gasteiger partial charge in [0.15, 0.2) is 0 Å². The van der Waals surface area contributed by atoms with Crippen molar-refractivity contribution in [1.82, 2.24) is 5.32 Å². The van der Waals surface area contributed by atoms with Crippen molar-refractivity contribution in [2.75, 3.05) is 0 Å². The van der Waals surface area contributed by atoms with E-state index in [9.17, 15) is 22.8 Å². The average molecular weight is 313 g/mol. The fraction of sp³-hybridized carbons (Fsp3) is 0.357. The van der Waals surface area contributed by atoms with Crippen molar-refractivity contribution in [3.05, 3.63) is 35.4 Å². The summed E-state index contributed by atoms with van der Waals surface area (Å²) < 4.78 is 37.8. The smallest absolute Gasteiger partial charge is 0.368 e. The number of nitrogens with one attached hydrogen (secondary N) is 1. The maximum atomic E-state index is 12.6. The normalized spacial score (nSPS) is 13.8. The maximum Gasteiger partial charge on any atom is 0.416 e. The number of rotatable bonds is 5. The SMILES string of the molecule is C[C@H](C#N)C[C@@H](NC(=O)c1cccc(C(F)(F)F)c1)C(N)=O. The van der Waals surface area contributed by atoms with Crippen LogP contribution in [0.25, 0.3) is 0 Å². The second kappa shape index (κ2) is 6.93. The number of carbonyl (C=O) groups excluding carboxylic acids is 2. The highest BCUT2D eigenvalue weighted by molar-refractivity contribution is 5.97. The molecule has 0 aliphatic heterocycles. The summed E-state index contributed by atoms with van der Waals surface area (Å²) in [6.45, 7) is 1.53. The van der Waals surface area contributed by atoms with Gasteiger partial charge in [0.1, 0.15) is 6.04 Å². The lowest BCUT2D eigenvalue weighted by Gasteiger charge is -2.17. The number of alkyl halides is 3. The molecule has 0 heterocycles. The van der Waals surface area contributed by atoms with E-state index in [-0.39, 0.29) is 12.0 Å². The van der Waals surface area contributed by atoms with Crippen molar-refractivity contribution in [3.8, 4) is 6.07 Å². The minimum Gasteiger partial charge on any atom is -0.368 e. The topological polar surface area (TPSA) is 96.0 Å².